The van der Waals surface area contributed by atoms with E-state index in [0.29, 0.717) is 26.3 Å². The van der Waals surface area contributed by atoms with E-state index in [9.17, 15) is 4.39 Å². The fourth-order valence-electron chi connectivity index (χ4n) is 1.93. The van der Waals surface area contributed by atoms with Crippen molar-refractivity contribution in [3.05, 3.63) is 30.1 Å². The summed E-state index contributed by atoms with van der Waals surface area (Å²) in [6.07, 6.45) is 0. The molecule has 2 aromatic heterocycles. The summed E-state index contributed by atoms with van der Waals surface area (Å²) in [4.78, 5) is 2.16. The van der Waals surface area contributed by atoms with E-state index in [4.69, 9.17) is 4.63 Å². The monoisotopic (exact) mass is 320 g/mol. The van der Waals surface area contributed by atoms with Gasteiger partial charge in [-0.2, -0.15) is 0 Å². The highest BCUT2D eigenvalue weighted by Gasteiger charge is 2.16. The number of hydrogen-bond acceptors (Lipinski definition) is 8. The lowest BCUT2D eigenvalue weighted by Crippen LogP contribution is -1.83. The third-order valence-electron chi connectivity index (χ3n) is 2.91. The normalized spacial score (nSPS) is 11.5. The molecule has 0 aliphatic rings. The standard InChI is InChI=1S/C12H5FN4O2S2/c13-5-1-3-7(11-9(5)14-18-16-11)21-8-4-2-6(20)10-12(8)17-19-15-10/h1-4,20H. The Bertz CT molecular complexity index is 890. The lowest BCUT2D eigenvalue weighted by molar-refractivity contribution is 0.314. The van der Waals surface area contributed by atoms with E-state index in [0.717, 1.165) is 4.90 Å². The topological polar surface area (TPSA) is 77.8 Å². The van der Waals surface area contributed by atoms with Crippen molar-refractivity contribution >= 4 is 46.5 Å². The van der Waals surface area contributed by atoms with Gasteiger partial charge in [-0.15, -0.1) is 12.6 Å². The van der Waals surface area contributed by atoms with Crippen LogP contribution >= 0.6 is 24.4 Å². The highest BCUT2D eigenvalue weighted by molar-refractivity contribution is 7.99. The third-order valence-corrected chi connectivity index (χ3v) is 4.37. The zero-order valence-corrected chi connectivity index (χ0v) is 11.9. The first-order valence-corrected chi connectivity index (χ1v) is 7.03. The van der Waals surface area contributed by atoms with Gasteiger partial charge < -0.3 is 0 Å². The van der Waals surface area contributed by atoms with E-state index >= 15 is 0 Å². The Morgan fingerprint density at radius 1 is 0.810 bits per heavy atom. The van der Waals surface area contributed by atoms with E-state index in [1.807, 2.05) is 6.07 Å². The Morgan fingerprint density at radius 2 is 1.38 bits per heavy atom. The molecule has 104 valence electrons. The first-order valence-electron chi connectivity index (χ1n) is 5.77. The summed E-state index contributed by atoms with van der Waals surface area (Å²) in [6, 6.07) is 6.56. The third kappa shape index (κ3) is 1.96. The van der Waals surface area contributed by atoms with E-state index < -0.39 is 5.82 Å². The maximum absolute atomic E-state index is 13.6. The smallest absolute Gasteiger partial charge is 0.171 e. The quantitative estimate of drug-likeness (QED) is 0.567. The van der Waals surface area contributed by atoms with Crippen molar-refractivity contribution in [1.82, 2.24) is 20.6 Å². The fourth-order valence-corrected chi connectivity index (χ4v) is 3.12. The number of thiol groups is 1. The van der Waals surface area contributed by atoms with Gasteiger partial charge in [0, 0.05) is 14.7 Å². The molecule has 0 saturated heterocycles. The van der Waals surface area contributed by atoms with E-state index in [2.05, 4.69) is 37.9 Å². The van der Waals surface area contributed by atoms with Crippen molar-refractivity contribution in [3.8, 4) is 0 Å². The minimum atomic E-state index is -0.477. The van der Waals surface area contributed by atoms with Crippen LogP contribution in [0.25, 0.3) is 22.1 Å². The second-order valence-electron chi connectivity index (χ2n) is 4.15. The summed E-state index contributed by atoms with van der Waals surface area (Å²) in [5.41, 5.74) is 1.61. The summed E-state index contributed by atoms with van der Waals surface area (Å²) in [5.74, 6) is -0.477. The molecule has 0 aliphatic heterocycles. The van der Waals surface area contributed by atoms with Gasteiger partial charge in [0.1, 0.15) is 11.0 Å². The number of rotatable bonds is 2. The number of fused-ring (bicyclic) bond motifs is 2. The zero-order chi connectivity index (χ0) is 14.4. The summed E-state index contributed by atoms with van der Waals surface area (Å²) < 4.78 is 22.9. The average Bonchev–Trinajstić information content (AvgIpc) is 3.14. The lowest BCUT2D eigenvalue weighted by Gasteiger charge is -2.03. The molecule has 2 heterocycles. The average molecular weight is 320 g/mol. The van der Waals surface area contributed by atoms with Gasteiger partial charge >= 0.3 is 0 Å². The van der Waals surface area contributed by atoms with Gasteiger partial charge in [-0.05, 0) is 44.9 Å². The van der Waals surface area contributed by atoms with Gasteiger partial charge in [-0.25, -0.2) is 13.6 Å². The van der Waals surface area contributed by atoms with Gasteiger partial charge in [0.05, 0.1) is 0 Å². The van der Waals surface area contributed by atoms with E-state index in [1.165, 1.54) is 17.8 Å². The molecule has 4 rings (SSSR count). The molecule has 0 atom stereocenters. The van der Waals surface area contributed by atoms with Crippen molar-refractivity contribution in [1.29, 1.82) is 0 Å². The summed E-state index contributed by atoms with van der Waals surface area (Å²) >= 11 is 5.64. The summed E-state index contributed by atoms with van der Waals surface area (Å²) in [6.45, 7) is 0. The van der Waals surface area contributed by atoms with Crippen molar-refractivity contribution in [2.75, 3.05) is 0 Å². The first kappa shape index (κ1) is 12.6. The molecule has 4 aromatic rings. The highest BCUT2D eigenvalue weighted by atomic mass is 32.2. The highest BCUT2D eigenvalue weighted by Crippen LogP contribution is 2.37. The maximum Gasteiger partial charge on any atom is 0.171 e. The predicted molar refractivity (Wildman–Crippen MR) is 74.9 cm³/mol. The molecule has 6 nitrogen and oxygen atoms in total. The van der Waals surface area contributed by atoms with E-state index in [-0.39, 0.29) is 5.52 Å². The summed E-state index contributed by atoms with van der Waals surface area (Å²) in [5, 5.41) is 15.0. The number of halogens is 1. The van der Waals surface area contributed by atoms with Gasteiger partial charge in [-0.1, -0.05) is 11.8 Å². The lowest BCUT2D eigenvalue weighted by atomic mass is 10.3. The van der Waals surface area contributed by atoms with E-state index in [1.54, 1.807) is 12.1 Å². The van der Waals surface area contributed by atoms with Crippen molar-refractivity contribution in [2.24, 2.45) is 0 Å². The molecule has 0 spiro atoms. The number of hydrogen-bond donors (Lipinski definition) is 1. The van der Waals surface area contributed by atoms with Crippen LogP contribution in [0.2, 0.25) is 0 Å². The van der Waals surface area contributed by atoms with Gasteiger partial charge in [0.2, 0.25) is 0 Å². The minimum Gasteiger partial charge on any atom is -0.243 e. The molecule has 0 unspecified atom stereocenters. The van der Waals surface area contributed by atoms with Crippen LogP contribution in [-0.2, 0) is 0 Å². The Balaban J connectivity index is 1.87. The van der Waals surface area contributed by atoms with Crippen molar-refractivity contribution < 1.29 is 13.6 Å². The van der Waals surface area contributed by atoms with Gasteiger partial charge in [0.25, 0.3) is 0 Å². The number of aromatic nitrogens is 4. The Kier molecular flexibility index (Phi) is 2.82. The summed E-state index contributed by atoms with van der Waals surface area (Å²) in [7, 11) is 0. The Morgan fingerprint density at radius 3 is 2.14 bits per heavy atom. The molecule has 2 aromatic carbocycles. The molecule has 0 saturated carbocycles. The Hall–Kier alpha value is -2.13. The SMILES string of the molecule is Fc1ccc(Sc2ccc(S)c3nonc23)c2nonc12. The van der Waals surface area contributed by atoms with Crippen LogP contribution in [0.4, 0.5) is 4.39 Å². The molecule has 0 bridgehead atoms. The fraction of sp³-hybridized carbons (Fsp3) is 0. The van der Waals surface area contributed by atoms with Gasteiger partial charge in [0.15, 0.2) is 16.9 Å². The van der Waals surface area contributed by atoms with Crippen LogP contribution < -0.4 is 0 Å². The minimum absolute atomic E-state index is 0.0975. The molecule has 0 N–H and O–H groups in total. The molecule has 0 amide bonds. The molecular formula is C12H5FN4O2S2. The molecular weight excluding hydrogens is 315 g/mol. The first-order chi connectivity index (χ1) is 10.2. The second-order valence-corrected chi connectivity index (χ2v) is 5.72. The molecule has 9 heteroatoms. The van der Waals surface area contributed by atoms with Crippen LogP contribution in [0, 0.1) is 5.82 Å². The van der Waals surface area contributed by atoms with Crippen LogP contribution in [0.5, 0.6) is 0 Å². The van der Waals surface area contributed by atoms with Crippen molar-refractivity contribution in [3.63, 3.8) is 0 Å². The molecule has 0 radical (unpaired) electrons. The zero-order valence-electron chi connectivity index (χ0n) is 10.1. The van der Waals surface area contributed by atoms with Crippen LogP contribution in [0.3, 0.4) is 0 Å². The predicted octanol–water partition coefficient (Wildman–Crippen LogP) is 3.34. The largest absolute Gasteiger partial charge is 0.243 e. The second kappa shape index (κ2) is 4.71. The molecule has 21 heavy (non-hydrogen) atoms. The van der Waals surface area contributed by atoms with Crippen molar-refractivity contribution in [2.45, 2.75) is 14.7 Å². The number of nitrogens with zero attached hydrogens (tertiary/aromatic N) is 4. The molecule has 0 fully saturated rings. The van der Waals surface area contributed by atoms with Crippen LogP contribution in [0.1, 0.15) is 0 Å². The maximum atomic E-state index is 13.6. The Labute approximate surface area is 126 Å². The molecule has 0 aliphatic carbocycles. The number of benzene rings is 2. The van der Waals surface area contributed by atoms with Gasteiger partial charge in [-0.3, -0.25) is 0 Å². The van der Waals surface area contributed by atoms with Crippen LogP contribution in [0.15, 0.2) is 48.2 Å². The van der Waals surface area contributed by atoms with Crippen LogP contribution in [-0.4, -0.2) is 20.6 Å².